The van der Waals surface area contributed by atoms with Gasteiger partial charge in [0.25, 0.3) is 23.8 Å². The van der Waals surface area contributed by atoms with Gasteiger partial charge in [-0.25, -0.2) is 19.2 Å². The number of carbonyl (C=O) groups is 3. The summed E-state index contributed by atoms with van der Waals surface area (Å²) in [7, 11) is 1.62. The second kappa shape index (κ2) is 11.0. The average Bonchev–Trinajstić information content (AvgIpc) is 3.25. The molecule has 13 nitrogen and oxygen atoms in total. The molecule has 1 aromatic carbocycles. The monoisotopic (exact) mass is 514 g/mol. The topological polar surface area (TPSA) is 165 Å². The van der Waals surface area contributed by atoms with Crippen molar-refractivity contribution in [3.8, 4) is 5.88 Å². The smallest absolute Gasteiger partial charge is 0.416 e. The van der Waals surface area contributed by atoms with Crippen LogP contribution in [0.3, 0.4) is 0 Å². The van der Waals surface area contributed by atoms with E-state index in [-0.39, 0.29) is 54.4 Å². The minimum atomic E-state index is -0.584. The minimum absolute atomic E-state index is 0.139. The lowest BCUT2D eigenvalue weighted by Gasteiger charge is -2.18. The van der Waals surface area contributed by atoms with Crippen molar-refractivity contribution in [1.29, 1.82) is 0 Å². The summed E-state index contributed by atoms with van der Waals surface area (Å²) in [5.74, 6) is -0.165. The highest BCUT2D eigenvalue weighted by Crippen LogP contribution is 2.27. The fourth-order valence-corrected chi connectivity index (χ4v) is 4.06. The van der Waals surface area contributed by atoms with Crippen LogP contribution < -0.4 is 25.8 Å². The Hall–Kier alpha value is -4.59. The molecule has 2 aliphatic rings. The van der Waals surface area contributed by atoms with Crippen LogP contribution in [0.1, 0.15) is 5.56 Å². The number of halogens is 1. The van der Waals surface area contributed by atoms with Gasteiger partial charge < -0.3 is 29.8 Å². The number of pyridine rings is 1. The summed E-state index contributed by atoms with van der Waals surface area (Å²) in [5.41, 5.74) is 0.806. The number of amides is 2. The molecular formula is C23H23FN6O7. The highest BCUT2D eigenvalue weighted by molar-refractivity contribution is 5.94. The number of rotatable bonds is 6. The third-order valence-corrected chi connectivity index (χ3v) is 5.73. The third-order valence-electron chi connectivity index (χ3n) is 5.73. The molecule has 14 heteroatoms. The Morgan fingerprint density at radius 1 is 1.27 bits per heavy atom. The van der Waals surface area contributed by atoms with Gasteiger partial charge in [0.05, 0.1) is 18.3 Å². The van der Waals surface area contributed by atoms with Crippen molar-refractivity contribution in [3.63, 3.8) is 0 Å². The van der Waals surface area contributed by atoms with Gasteiger partial charge in [-0.15, -0.1) is 0 Å². The van der Waals surface area contributed by atoms with Gasteiger partial charge in [0.2, 0.25) is 0 Å². The molecule has 2 aliphatic heterocycles. The number of aromatic nitrogens is 3. The molecule has 3 aromatic rings. The van der Waals surface area contributed by atoms with Gasteiger partial charge in [0.15, 0.2) is 18.2 Å². The average molecular weight is 514 g/mol. The molecule has 37 heavy (non-hydrogen) atoms. The largest absolute Gasteiger partial charge is 0.483 e. The zero-order valence-electron chi connectivity index (χ0n) is 19.6. The fraction of sp³-hybridized carbons (Fsp3) is 0.304. The maximum atomic E-state index is 14.5. The number of hydrogen-bond donors (Lipinski definition) is 3. The van der Waals surface area contributed by atoms with E-state index in [1.807, 2.05) is 0 Å². The lowest BCUT2D eigenvalue weighted by Crippen LogP contribution is -2.33. The predicted octanol–water partition coefficient (Wildman–Crippen LogP) is 0.657. The van der Waals surface area contributed by atoms with Gasteiger partial charge in [-0.3, -0.25) is 19.3 Å². The number of nitrogens with zero attached hydrogens (tertiary/aromatic N) is 4. The van der Waals surface area contributed by atoms with Gasteiger partial charge >= 0.3 is 6.09 Å². The molecule has 4 heterocycles. The van der Waals surface area contributed by atoms with Crippen LogP contribution in [0.5, 0.6) is 5.88 Å². The molecule has 0 bridgehead atoms. The summed E-state index contributed by atoms with van der Waals surface area (Å²) in [6.45, 7) is 0.589. The molecule has 0 saturated carbocycles. The number of nitrogens with one attached hydrogen (secondary N) is 2. The van der Waals surface area contributed by atoms with E-state index in [0.717, 1.165) is 5.39 Å². The van der Waals surface area contributed by atoms with Crippen molar-refractivity contribution in [2.24, 2.45) is 7.05 Å². The highest BCUT2D eigenvalue weighted by atomic mass is 19.1. The zero-order chi connectivity index (χ0) is 26.5. The summed E-state index contributed by atoms with van der Waals surface area (Å²) in [5, 5.41) is 13.4. The van der Waals surface area contributed by atoms with E-state index in [1.54, 1.807) is 19.2 Å². The molecule has 0 spiro atoms. The third kappa shape index (κ3) is 5.48. The quantitative estimate of drug-likeness (QED) is 0.314. The molecule has 2 aromatic heterocycles. The molecule has 1 atom stereocenters. The van der Waals surface area contributed by atoms with Crippen molar-refractivity contribution in [1.82, 2.24) is 19.9 Å². The van der Waals surface area contributed by atoms with Gasteiger partial charge in [0.1, 0.15) is 11.9 Å². The van der Waals surface area contributed by atoms with Crippen molar-refractivity contribution in [2.75, 3.05) is 36.5 Å². The summed E-state index contributed by atoms with van der Waals surface area (Å²) in [6, 6.07) is 6.18. The van der Waals surface area contributed by atoms with Crippen molar-refractivity contribution in [3.05, 3.63) is 52.2 Å². The normalized spacial score (nSPS) is 16.3. The van der Waals surface area contributed by atoms with Crippen LogP contribution in [0.2, 0.25) is 0 Å². The van der Waals surface area contributed by atoms with E-state index in [1.165, 1.54) is 27.8 Å². The summed E-state index contributed by atoms with van der Waals surface area (Å²) < 4.78 is 26.5. The van der Waals surface area contributed by atoms with Crippen LogP contribution in [-0.4, -0.2) is 70.5 Å². The Bertz CT molecular complexity index is 1410. The minimum Gasteiger partial charge on any atom is -0.483 e. The molecule has 3 N–H and O–H groups in total. The number of cyclic esters (lactones) is 1. The molecule has 1 fully saturated rings. The molecule has 194 valence electrons. The number of carboxylic acid groups (broad SMARTS) is 1. The lowest BCUT2D eigenvalue weighted by molar-refractivity contribution is -0.123. The molecule has 5 rings (SSSR count). The molecule has 0 aliphatic carbocycles. The zero-order valence-corrected chi connectivity index (χ0v) is 19.6. The van der Waals surface area contributed by atoms with Crippen LogP contribution >= 0.6 is 0 Å². The first kappa shape index (κ1) is 25.5. The molecule has 2 amide bonds. The van der Waals surface area contributed by atoms with Gasteiger partial charge in [-0.05, 0) is 36.6 Å². The van der Waals surface area contributed by atoms with Crippen LogP contribution in [0.25, 0.3) is 10.9 Å². The van der Waals surface area contributed by atoms with E-state index in [0.29, 0.717) is 30.6 Å². The molecule has 0 unspecified atom stereocenters. The van der Waals surface area contributed by atoms with Crippen LogP contribution in [0.4, 0.5) is 20.8 Å². The number of ether oxygens (including phenoxy) is 2. The number of hydrogen-bond acceptors (Lipinski definition) is 9. The van der Waals surface area contributed by atoms with E-state index in [2.05, 4.69) is 20.6 Å². The first-order valence-corrected chi connectivity index (χ1v) is 11.2. The Labute approximate surface area is 208 Å². The molecular weight excluding hydrogens is 491 g/mol. The number of fused-ring (bicyclic) bond motifs is 2. The Morgan fingerprint density at radius 3 is 2.81 bits per heavy atom. The standard InChI is InChI=1S/C22H21FN6O5.CH2O2/c1-28-18(31)5-3-12-2-4-15(23)14(19(12)28)6-7-24-8-13-10-29(22(32)34-13)16-9-25-21-20(26-16)27-17(30)11-33-21;2-1-3/h2-5,9,13,24H,6-8,10-11H2,1H3,(H,26,27,30);1H,(H,2,3)/t13-;/m0./s1. The van der Waals surface area contributed by atoms with Crippen molar-refractivity contribution >= 4 is 41.0 Å². The van der Waals surface area contributed by atoms with Gasteiger partial charge in [0, 0.05) is 25.2 Å². The summed E-state index contributed by atoms with van der Waals surface area (Å²) >= 11 is 0. The maximum Gasteiger partial charge on any atom is 0.416 e. The first-order chi connectivity index (χ1) is 17.8. The fourth-order valence-electron chi connectivity index (χ4n) is 4.06. The predicted molar refractivity (Wildman–Crippen MR) is 128 cm³/mol. The SMILES string of the molecule is Cn1c(=O)ccc2ccc(F)c(CCNC[C@H]3CN(c4cnc5c(n4)NC(=O)CO5)C(=O)O3)c21.O=CO. The van der Waals surface area contributed by atoms with Gasteiger partial charge in [-0.1, -0.05) is 0 Å². The van der Waals surface area contributed by atoms with Crippen molar-refractivity contribution < 1.29 is 33.4 Å². The summed E-state index contributed by atoms with van der Waals surface area (Å²) in [6.07, 6.45) is 0.680. The first-order valence-electron chi connectivity index (χ1n) is 11.2. The maximum absolute atomic E-state index is 14.5. The number of benzene rings is 1. The Kier molecular flexibility index (Phi) is 7.57. The van der Waals surface area contributed by atoms with Crippen molar-refractivity contribution in [2.45, 2.75) is 12.5 Å². The highest BCUT2D eigenvalue weighted by Gasteiger charge is 2.34. The second-order valence-corrected chi connectivity index (χ2v) is 8.09. The number of anilines is 2. The molecule has 0 radical (unpaired) electrons. The van der Waals surface area contributed by atoms with E-state index >= 15 is 0 Å². The summed E-state index contributed by atoms with van der Waals surface area (Å²) in [4.78, 5) is 53.9. The lowest BCUT2D eigenvalue weighted by atomic mass is 10.1. The van der Waals surface area contributed by atoms with E-state index < -0.39 is 12.2 Å². The van der Waals surface area contributed by atoms with Crippen LogP contribution in [-0.2, 0) is 27.8 Å². The second-order valence-electron chi connectivity index (χ2n) is 8.09. The van der Waals surface area contributed by atoms with E-state index in [9.17, 15) is 18.8 Å². The van der Waals surface area contributed by atoms with Gasteiger partial charge in [-0.2, -0.15) is 0 Å². The van der Waals surface area contributed by atoms with Crippen LogP contribution in [0, 0.1) is 5.82 Å². The Morgan fingerprint density at radius 2 is 2.03 bits per heavy atom. The Balaban J connectivity index is 0.00000102. The molecule has 1 saturated heterocycles. The number of carbonyl (C=O) groups excluding carboxylic acids is 2. The van der Waals surface area contributed by atoms with E-state index in [4.69, 9.17) is 19.4 Å². The van der Waals surface area contributed by atoms with Crippen LogP contribution in [0.15, 0.2) is 35.3 Å². The number of aryl methyl sites for hydroxylation is 1.